The van der Waals surface area contributed by atoms with Crippen molar-refractivity contribution in [2.24, 2.45) is 0 Å². The van der Waals surface area contributed by atoms with Gasteiger partial charge in [-0.3, -0.25) is 19.3 Å². The predicted octanol–water partition coefficient (Wildman–Crippen LogP) is 1.66. The highest BCUT2D eigenvalue weighted by Crippen LogP contribution is 2.32. The molecule has 0 bridgehead atoms. The fourth-order valence-corrected chi connectivity index (χ4v) is 4.15. The van der Waals surface area contributed by atoms with Crippen LogP contribution in [0.25, 0.3) is 0 Å². The van der Waals surface area contributed by atoms with Crippen LogP contribution >= 0.6 is 0 Å². The molecule has 2 aromatic rings. The van der Waals surface area contributed by atoms with Crippen molar-refractivity contribution in [2.45, 2.75) is 32.4 Å². The molecule has 2 aliphatic heterocycles. The first-order chi connectivity index (χ1) is 14.1. The first-order valence-corrected chi connectivity index (χ1v) is 10.3. The first-order valence-electron chi connectivity index (χ1n) is 10.3. The normalized spacial score (nSPS) is 20.3. The monoisotopic (exact) mass is 396 g/mol. The Kier molecular flexibility index (Phi) is 5.62. The van der Waals surface area contributed by atoms with Gasteiger partial charge in [0.15, 0.2) is 0 Å². The van der Waals surface area contributed by atoms with E-state index in [4.69, 9.17) is 0 Å². The van der Waals surface area contributed by atoms with Gasteiger partial charge >= 0.3 is 0 Å². The lowest BCUT2D eigenvalue weighted by molar-refractivity contribution is 0.0661. The molecule has 0 aromatic carbocycles. The molecule has 2 fully saturated rings. The van der Waals surface area contributed by atoms with Crippen molar-refractivity contribution in [1.82, 2.24) is 29.5 Å². The molecule has 2 aliphatic rings. The number of pyridine rings is 1. The number of amides is 2. The predicted molar refractivity (Wildman–Crippen MR) is 109 cm³/mol. The molecular weight excluding hydrogens is 368 g/mol. The Morgan fingerprint density at radius 1 is 1.07 bits per heavy atom. The number of carbonyl (C=O) groups is 2. The summed E-state index contributed by atoms with van der Waals surface area (Å²) in [5, 5.41) is 4.21. The Labute approximate surface area is 171 Å². The van der Waals surface area contributed by atoms with E-state index in [0.29, 0.717) is 24.3 Å². The number of aryl methyl sites for hydroxylation is 1. The number of piperazine rings is 1. The van der Waals surface area contributed by atoms with Crippen LogP contribution in [0.4, 0.5) is 0 Å². The highest BCUT2D eigenvalue weighted by atomic mass is 16.2. The molecule has 0 N–H and O–H groups in total. The Hall–Kier alpha value is -2.74. The SMILES string of the molecule is CCn1nccc1C(=O)N1CCC[C@@H]1c1ccc(C(=O)N2CCN(C)CC2)cn1. The average molecular weight is 396 g/mol. The number of likely N-dealkylation sites (tertiary alicyclic amines) is 1. The molecule has 0 radical (unpaired) electrons. The van der Waals surface area contributed by atoms with Crippen LogP contribution in [0.1, 0.15) is 52.3 Å². The number of aromatic nitrogens is 3. The lowest BCUT2D eigenvalue weighted by Crippen LogP contribution is -2.47. The van der Waals surface area contributed by atoms with Crippen LogP contribution in [0.2, 0.25) is 0 Å². The highest BCUT2D eigenvalue weighted by molar-refractivity contribution is 5.94. The number of hydrogen-bond acceptors (Lipinski definition) is 5. The molecule has 0 unspecified atom stereocenters. The zero-order valence-electron chi connectivity index (χ0n) is 17.1. The van der Waals surface area contributed by atoms with E-state index in [1.54, 1.807) is 23.1 Å². The summed E-state index contributed by atoms with van der Waals surface area (Å²) in [4.78, 5) is 36.3. The fourth-order valence-electron chi connectivity index (χ4n) is 4.15. The van der Waals surface area contributed by atoms with E-state index in [9.17, 15) is 9.59 Å². The molecule has 0 spiro atoms. The third-order valence-corrected chi connectivity index (χ3v) is 5.91. The first kappa shape index (κ1) is 19.6. The molecule has 2 saturated heterocycles. The maximum atomic E-state index is 13.1. The van der Waals surface area contributed by atoms with Crippen molar-refractivity contribution in [3.8, 4) is 0 Å². The van der Waals surface area contributed by atoms with Crippen molar-refractivity contribution in [3.05, 3.63) is 47.5 Å². The van der Waals surface area contributed by atoms with Gasteiger partial charge in [-0.15, -0.1) is 0 Å². The second-order valence-electron chi connectivity index (χ2n) is 7.76. The summed E-state index contributed by atoms with van der Waals surface area (Å²) in [6.07, 6.45) is 5.15. The summed E-state index contributed by atoms with van der Waals surface area (Å²) in [7, 11) is 2.07. The summed E-state index contributed by atoms with van der Waals surface area (Å²) >= 11 is 0. The van der Waals surface area contributed by atoms with Gasteiger partial charge in [0, 0.05) is 51.7 Å². The number of nitrogens with zero attached hydrogens (tertiary/aromatic N) is 6. The highest BCUT2D eigenvalue weighted by Gasteiger charge is 2.33. The molecule has 0 saturated carbocycles. The molecule has 4 rings (SSSR count). The van der Waals surface area contributed by atoms with Crippen LogP contribution in [-0.4, -0.2) is 81.1 Å². The van der Waals surface area contributed by atoms with Crippen LogP contribution in [0.5, 0.6) is 0 Å². The van der Waals surface area contributed by atoms with E-state index in [0.717, 1.165) is 44.7 Å². The van der Waals surface area contributed by atoms with Crippen molar-refractivity contribution >= 4 is 11.8 Å². The smallest absolute Gasteiger partial charge is 0.272 e. The van der Waals surface area contributed by atoms with E-state index in [2.05, 4.69) is 22.0 Å². The molecule has 154 valence electrons. The van der Waals surface area contributed by atoms with Crippen LogP contribution in [0, 0.1) is 0 Å². The topological polar surface area (TPSA) is 74.6 Å². The van der Waals surface area contributed by atoms with Gasteiger partial charge in [0.25, 0.3) is 11.8 Å². The summed E-state index contributed by atoms with van der Waals surface area (Å²) in [6.45, 7) is 6.62. The zero-order chi connectivity index (χ0) is 20.4. The summed E-state index contributed by atoms with van der Waals surface area (Å²) < 4.78 is 1.73. The second-order valence-corrected chi connectivity index (χ2v) is 7.76. The standard InChI is InChI=1S/C21H28N6O2/c1-3-27-19(8-9-23-27)21(29)26-10-4-5-18(26)17-7-6-16(15-22-17)20(28)25-13-11-24(2)12-14-25/h6-9,15,18H,3-5,10-14H2,1-2H3/t18-/m1/s1. The molecule has 2 aromatic heterocycles. The van der Waals surface area contributed by atoms with Gasteiger partial charge in [-0.2, -0.15) is 5.10 Å². The molecule has 4 heterocycles. The fraction of sp³-hybridized carbons (Fsp3) is 0.524. The van der Waals surface area contributed by atoms with Gasteiger partial charge in [0.1, 0.15) is 5.69 Å². The van der Waals surface area contributed by atoms with Gasteiger partial charge in [0.05, 0.1) is 17.3 Å². The van der Waals surface area contributed by atoms with Gasteiger partial charge in [-0.25, -0.2) is 0 Å². The van der Waals surface area contributed by atoms with Crippen LogP contribution in [-0.2, 0) is 6.54 Å². The summed E-state index contributed by atoms with van der Waals surface area (Å²) in [5.41, 5.74) is 2.06. The maximum absolute atomic E-state index is 13.1. The molecule has 2 amide bonds. The van der Waals surface area contributed by atoms with Crippen LogP contribution in [0.3, 0.4) is 0 Å². The van der Waals surface area contributed by atoms with E-state index in [1.165, 1.54) is 0 Å². The minimum atomic E-state index is -0.0597. The number of hydrogen-bond donors (Lipinski definition) is 0. The quantitative estimate of drug-likeness (QED) is 0.786. The Bertz CT molecular complexity index is 870. The van der Waals surface area contributed by atoms with Crippen LogP contribution in [0.15, 0.2) is 30.6 Å². The lowest BCUT2D eigenvalue weighted by Gasteiger charge is -2.32. The lowest BCUT2D eigenvalue weighted by atomic mass is 10.1. The van der Waals surface area contributed by atoms with Gasteiger partial charge in [-0.1, -0.05) is 0 Å². The minimum Gasteiger partial charge on any atom is -0.336 e. The molecule has 1 atom stereocenters. The minimum absolute atomic E-state index is 0.00811. The Morgan fingerprint density at radius 3 is 2.55 bits per heavy atom. The van der Waals surface area contributed by atoms with E-state index in [-0.39, 0.29) is 17.9 Å². The summed E-state index contributed by atoms with van der Waals surface area (Å²) in [6, 6.07) is 5.46. The van der Waals surface area contributed by atoms with Crippen molar-refractivity contribution in [1.29, 1.82) is 0 Å². The molecule has 8 heteroatoms. The summed E-state index contributed by atoms with van der Waals surface area (Å²) in [5.74, 6) is 0.0228. The Morgan fingerprint density at radius 2 is 1.86 bits per heavy atom. The molecule has 29 heavy (non-hydrogen) atoms. The van der Waals surface area contributed by atoms with E-state index < -0.39 is 0 Å². The van der Waals surface area contributed by atoms with Gasteiger partial charge < -0.3 is 14.7 Å². The average Bonchev–Trinajstić information content (AvgIpc) is 3.43. The molecule has 8 nitrogen and oxygen atoms in total. The third kappa shape index (κ3) is 3.89. The molecule has 0 aliphatic carbocycles. The number of rotatable bonds is 4. The van der Waals surface area contributed by atoms with E-state index >= 15 is 0 Å². The zero-order valence-corrected chi connectivity index (χ0v) is 17.1. The molecular formula is C21H28N6O2. The number of likely N-dealkylation sites (N-methyl/N-ethyl adjacent to an activating group) is 1. The Balaban J connectivity index is 1.48. The third-order valence-electron chi connectivity index (χ3n) is 5.91. The van der Waals surface area contributed by atoms with E-state index in [1.807, 2.05) is 28.9 Å². The maximum Gasteiger partial charge on any atom is 0.272 e. The largest absolute Gasteiger partial charge is 0.336 e. The second kappa shape index (κ2) is 8.32. The number of carbonyl (C=O) groups excluding carboxylic acids is 2. The van der Waals surface area contributed by atoms with Gasteiger partial charge in [0.2, 0.25) is 0 Å². The van der Waals surface area contributed by atoms with Gasteiger partial charge in [-0.05, 0) is 45.0 Å². The van der Waals surface area contributed by atoms with Crippen LogP contribution < -0.4 is 0 Å². The van der Waals surface area contributed by atoms with Crippen molar-refractivity contribution < 1.29 is 9.59 Å². The van der Waals surface area contributed by atoms with Crippen molar-refractivity contribution in [2.75, 3.05) is 39.8 Å². The van der Waals surface area contributed by atoms with Crippen molar-refractivity contribution in [3.63, 3.8) is 0 Å².